The van der Waals surface area contributed by atoms with E-state index in [1.165, 1.54) is 5.56 Å². The molecule has 0 aromatic heterocycles. The maximum Gasteiger partial charge on any atom is 0.328 e. The quantitative estimate of drug-likeness (QED) is 0.820. The lowest BCUT2D eigenvalue weighted by atomic mass is 9.92. The van der Waals surface area contributed by atoms with Gasteiger partial charge in [-0.3, -0.25) is 0 Å². The molecule has 1 aromatic carbocycles. The fourth-order valence-electron chi connectivity index (χ4n) is 2.47. The van der Waals surface area contributed by atoms with E-state index in [2.05, 4.69) is 10.0 Å². The zero-order valence-corrected chi connectivity index (χ0v) is 13.1. The summed E-state index contributed by atoms with van der Waals surface area (Å²) in [6, 6.07) is 4.46. The Labute approximate surface area is 126 Å². The summed E-state index contributed by atoms with van der Waals surface area (Å²) in [5, 5.41) is 2.54. The normalized spacial score (nSPS) is 14.3. The number of urea groups is 1. The first-order chi connectivity index (χ1) is 10.0. The van der Waals surface area contributed by atoms with E-state index in [0.717, 1.165) is 44.1 Å². The monoisotopic (exact) mass is 310 g/mol. The number of carbonyl (C=O) groups excluding carboxylic acids is 1. The minimum absolute atomic E-state index is 0.161. The predicted molar refractivity (Wildman–Crippen MR) is 81.7 cm³/mol. The Balaban J connectivity index is 2.07. The van der Waals surface area contributed by atoms with Crippen molar-refractivity contribution in [3.8, 4) is 0 Å². The second kappa shape index (κ2) is 6.93. The molecular weight excluding hydrogens is 288 g/mol. The van der Waals surface area contributed by atoms with Crippen LogP contribution in [0.4, 0.5) is 4.79 Å². The SMILES string of the molecule is CCCCNC(=O)NS(=O)(=O)c1ccc2c(c1)CCCC2. The van der Waals surface area contributed by atoms with E-state index in [1.807, 2.05) is 13.0 Å². The first kappa shape index (κ1) is 15.8. The van der Waals surface area contributed by atoms with Gasteiger partial charge in [-0.25, -0.2) is 17.9 Å². The summed E-state index contributed by atoms with van der Waals surface area (Å²) in [5.74, 6) is 0. The number of hydrogen-bond donors (Lipinski definition) is 2. The average molecular weight is 310 g/mol. The highest BCUT2D eigenvalue weighted by molar-refractivity contribution is 7.90. The first-order valence-electron chi connectivity index (χ1n) is 7.45. The maximum atomic E-state index is 12.2. The summed E-state index contributed by atoms with van der Waals surface area (Å²) in [6.45, 7) is 2.48. The minimum atomic E-state index is -3.79. The fourth-order valence-corrected chi connectivity index (χ4v) is 3.45. The van der Waals surface area contributed by atoms with Gasteiger partial charge in [-0.05, 0) is 55.4 Å². The van der Waals surface area contributed by atoms with Crippen molar-refractivity contribution in [1.82, 2.24) is 10.0 Å². The van der Waals surface area contributed by atoms with Gasteiger partial charge in [0.25, 0.3) is 10.0 Å². The van der Waals surface area contributed by atoms with Crippen LogP contribution >= 0.6 is 0 Å². The van der Waals surface area contributed by atoms with Crippen molar-refractivity contribution >= 4 is 16.1 Å². The molecule has 0 atom stereocenters. The maximum absolute atomic E-state index is 12.2. The summed E-state index contributed by atoms with van der Waals surface area (Å²) in [5.41, 5.74) is 2.29. The van der Waals surface area contributed by atoms with Gasteiger partial charge in [0.05, 0.1) is 4.90 Å². The Morgan fingerprint density at radius 2 is 1.90 bits per heavy atom. The number of nitrogens with one attached hydrogen (secondary N) is 2. The minimum Gasteiger partial charge on any atom is -0.337 e. The number of fused-ring (bicyclic) bond motifs is 1. The molecule has 116 valence electrons. The molecule has 5 nitrogen and oxygen atoms in total. The highest BCUT2D eigenvalue weighted by Crippen LogP contribution is 2.23. The van der Waals surface area contributed by atoms with Gasteiger partial charge in [0, 0.05) is 6.54 Å². The second-order valence-electron chi connectivity index (χ2n) is 5.35. The van der Waals surface area contributed by atoms with E-state index < -0.39 is 16.1 Å². The Kier molecular flexibility index (Phi) is 5.22. The molecule has 21 heavy (non-hydrogen) atoms. The van der Waals surface area contributed by atoms with E-state index in [9.17, 15) is 13.2 Å². The van der Waals surface area contributed by atoms with Gasteiger partial charge in [0.1, 0.15) is 0 Å². The van der Waals surface area contributed by atoms with E-state index in [4.69, 9.17) is 0 Å². The number of carbonyl (C=O) groups is 1. The lowest BCUT2D eigenvalue weighted by molar-refractivity contribution is 0.245. The van der Waals surface area contributed by atoms with Crippen molar-refractivity contribution in [2.45, 2.75) is 50.3 Å². The molecule has 0 unspecified atom stereocenters. The van der Waals surface area contributed by atoms with Crippen LogP contribution in [0.15, 0.2) is 23.1 Å². The third-order valence-electron chi connectivity index (χ3n) is 3.67. The Bertz CT molecular complexity index is 611. The fraction of sp³-hybridized carbons (Fsp3) is 0.533. The molecule has 2 rings (SSSR count). The van der Waals surface area contributed by atoms with Crippen LogP contribution in [0, 0.1) is 0 Å². The second-order valence-corrected chi connectivity index (χ2v) is 7.03. The van der Waals surface area contributed by atoms with E-state index in [-0.39, 0.29) is 4.90 Å². The zero-order valence-electron chi connectivity index (χ0n) is 12.3. The molecule has 2 amide bonds. The molecule has 1 aliphatic rings. The predicted octanol–water partition coefficient (Wildman–Crippen LogP) is 2.35. The zero-order chi connectivity index (χ0) is 15.3. The highest BCUT2D eigenvalue weighted by Gasteiger charge is 2.19. The molecule has 1 aromatic rings. The molecule has 1 aliphatic carbocycles. The van der Waals surface area contributed by atoms with Crippen LogP contribution in [-0.2, 0) is 22.9 Å². The molecule has 6 heteroatoms. The molecule has 0 aliphatic heterocycles. The first-order valence-corrected chi connectivity index (χ1v) is 8.93. The van der Waals surface area contributed by atoms with Crippen LogP contribution in [0.5, 0.6) is 0 Å². The molecule has 2 N–H and O–H groups in total. The van der Waals surface area contributed by atoms with Crippen molar-refractivity contribution < 1.29 is 13.2 Å². The Morgan fingerprint density at radius 3 is 2.62 bits per heavy atom. The third-order valence-corrected chi connectivity index (χ3v) is 5.00. The van der Waals surface area contributed by atoms with Crippen molar-refractivity contribution in [3.63, 3.8) is 0 Å². The lowest BCUT2D eigenvalue weighted by Gasteiger charge is -2.16. The van der Waals surface area contributed by atoms with Gasteiger partial charge in [-0.15, -0.1) is 0 Å². The van der Waals surface area contributed by atoms with Crippen molar-refractivity contribution in [2.24, 2.45) is 0 Å². The molecule has 0 saturated heterocycles. The smallest absolute Gasteiger partial charge is 0.328 e. The average Bonchev–Trinajstić information content (AvgIpc) is 2.46. The molecule has 0 radical (unpaired) electrons. The van der Waals surface area contributed by atoms with Gasteiger partial charge >= 0.3 is 6.03 Å². The van der Waals surface area contributed by atoms with Crippen LogP contribution in [-0.4, -0.2) is 21.0 Å². The van der Waals surface area contributed by atoms with Gasteiger partial charge in [0.15, 0.2) is 0 Å². The summed E-state index contributed by atoms with van der Waals surface area (Å²) in [7, 11) is -3.79. The van der Waals surface area contributed by atoms with Crippen molar-refractivity contribution in [1.29, 1.82) is 0 Å². The number of rotatable bonds is 5. The van der Waals surface area contributed by atoms with E-state index in [1.54, 1.807) is 12.1 Å². The van der Waals surface area contributed by atoms with Crippen LogP contribution in [0.25, 0.3) is 0 Å². The number of amides is 2. The number of benzene rings is 1. The van der Waals surface area contributed by atoms with Crippen molar-refractivity contribution in [3.05, 3.63) is 29.3 Å². The van der Waals surface area contributed by atoms with Gasteiger partial charge in [0.2, 0.25) is 0 Å². The molecule has 0 bridgehead atoms. The van der Waals surface area contributed by atoms with Crippen LogP contribution in [0.1, 0.15) is 43.7 Å². The van der Waals surface area contributed by atoms with Crippen LogP contribution < -0.4 is 10.0 Å². The third kappa shape index (κ3) is 4.20. The number of aryl methyl sites for hydroxylation is 2. The van der Waals surface area contributed by atoms with Gasteiger partial charge in [-0.1, -0.05) is 19.4 Å². The number of hydrogen-bond acceptors (Lipinski definition) is 3. The number of unbranched alkanes of at least 4 members (excludes halogenated alkanes) is 1. The Morgan fingerprint density at radius 1 is 1.19 bits per heavy atom. The van der Waals surface area contributed by atoms with Gasteiger partial charge in [-0.2, -0.15) is 0 Å². The summed E-state index contributed by atoms with van der Waals surface area (Å²) in [4.78, 5) is 11.8. The van der Waals surface area contributed by atoms with Crippen LogP contribution in [0.2, 0.25) is 0 Å². The van der Waals surface area contributed by atoms with E-state index >= 15 is 0 Å². The standard InChI is InChI=1S/C15H22N2O3S/c1-2-3-10-16-15(18)17-21(19,20)14-9-8-12-6-4-5-7-13(12)11-14/h8-9,11H,2-7,10H2,1H3,(H2,16,17,18). The largest absolute Gasteiger partial charge is 0.337 e. The molecule has 0 saturated carbocycles. The Hall–Kier alpha value is -1.56. The van der Waals surface area contributed by atoms with Crippen molar-refractivity contribution in [2.75, 3.05) is 6.54 Å². The molecular formula is C15H22N2O3S. The molecule has 0 spiro atoms. The van der Waals surface area contributed by atoms with E-state index in [0.29, 0.717) is 6.54 Å². The summed E-state index contributed by atoms with van der Waals surface area (Å²) >= 11 is 0. The van der Waals surface area contributed by atoms with Crippen LogP contribution in [0.3, 0.4) is 0 Å². The highest BCUT2D eigenvalue weighted by atomic mass is 32.2. The topological polar surface area (TPSA) is 75.3 Å². The number of sulfonamides is 1. The summed E-state index contributed by atoms with van der Waals surface area (Å²) < 4.78 is 26.4. The molecule has 0 fully saturated rings. The summed E-state index contributed by atoms with van der Waals surface area (Å²) in [6.07, 6.45) is 5.91. The molecule has 0 heterocycles. The lowest BCUT2D eigenvalue weighted by Crippen LogP contribution is -2.39. The van der Waals surface area contributed by atoms with Gasteiger partial charge < -0.3 is 5.32 Å².